The smallest absolute Gasteiger partial charge is 0.335 e. The van der Waals surface area contributed by atoms with Crippen molar-refractivity contribution in [2.24, 2.45) is 0 Å². The number of rotatable bonds is 16. The maximum atomic E-state index is 13.1. The molecule has 8 nitrogen and oxygen atoms in total. The third kappa shape index (κ3) is 9.36. The molecule has 0 saturated carbocycles. The van der Waals surface area contributed by atoms with Crippen LogP contribution in [0, 0.1) is 0 Å². The van der Waals surface area contributed by atoms with Crippen LogP contribution in [0.3, 0.4) is 0 Å². The molecule has 248 valence electrons. The summed E-state index contributed by atoms with van der Waals surface area (Å²) in [6.07, 6.45) is -2.72. The largest absolute Gasteiger partial charge is 0.479 e. The molecule has 0 amide bonds. The van der Waals surface area contributed by atoms with Gasteiger partial charge in [0, 0.05) is 0 Å². The van der Waals surface area contributed by atoms with Crippen molar-refractivity contribution in [2.45, 2.75) is 116 Å². The Labute approximate surface area is 270 Å². The Kier molecular flexibility index (Phi) is 13.6. The van der Waals surface area contributed by atoms with E-state index < -0.39 is 50.8 Å². The van der Waals surface area contributed by atoms with E-state index in [2.05, 4.69) is 41.5 Å². The quantitative estimate of drug-likeness (QED) is 0.113. The molecule has 0 fully saturated rings. The molecule has 45 heavy (non-hydrogen) atoms. The van der Waals surface area contributed by atoms with Gasteiger partial charge >= 0.3 is 11.9 Å². The zero-order valence-corrected chi connectivity index (χ0v) is 29.3. The molecule has 2 aromatic rings. The summed E-state index contributed by atoms with van der Waals surface area (Å²) in [5, 5.41) is 10.3. The number of aliphatic carboxylic acids is 1. The van der Waals surface area contributed by atoms with E-state index in [9.17, 15) is 14.7 Å². The van der Waals surface area contributed by atoms with Crippen molar-refractivity contribution in [3.8, 4) is 0 Å². The van der Waals surface area contributed by atoms with Crippen LogP contribution in [0.2, 0.25) is 16.6 Å². The zero-order chi connectivity index (χ0) is 33.3. The fourth-order valence-electron chi connectivity index (χ4n) is 6.60. The van der Waals surface area contributed by atoms with Gasteiger partial charge in [0.05, 0.1) is 18.8 Å². The minimum Gasteiger partial charge on any atom is -0.479 e. The lowest BCUT2D eigenvalue weighted by Gasteiger charge is -2.44. The SMILES string of the molecule is CC1=C[C@H](OC(=O)CO[C@@H](C)c2ccccc2)[C@@H](CO[Si](C(C)C)(C(C)C)C(C)C)O[C@H]1[C@@H](O[C@@H](C)c1ccccc1)C(=O)O. The molecule has 0 radical (unpaired) electrons. The van der Waals surface area contributed by atoms with Gasteiger partial charge in [0.2, 0.25) is 0 Å². The maximum absolute atomic E-state index is 13.1. The fourth-order valence-corrected chi connectivity index (χ4v) is 12.0. The highest BCUT2D eigenvalue weighted by Gasteiger charge is 2.47. The van der Waals surface area contributed by atoms with Crippen molar-refractivity contribution in [2.75, 3.05) is 13.2 Å². The molecule has 1 N–H and O–H groups in total. The number of benzene rings is 2. The normalized spacial score (nSPS) is 21.0. The Balaban J connectivity index is 1.86. The molecule has 0 bridgehead atoms. The minimum atomic E-state index is -2.32. The Bertz CT molecular complexity index is 1220. The van der Waals surface area contributed by atoms with Crippen molar-refractivity contribution in [3.05, 3.63) is 83.4 Å². The topological polar surface area (TPSA) is 101 Å². The predicted octanol–water partition coefficient (Wildman–Crippen LogP) is 7.81. The molecular formula is C36H52O8Si. The van der Waals surface area contributed by atoms with Gasteiger partial charge in [-0.15, -0.1) is 0 Å². The number of hydrogen-bond acceptors (Lipinski definition) is 7. The van der Waals surface area contributed by atoms with Gasteiger partial charge in [0.25, 0.3) is 0 Å². The second kappa shape index (κ2) is 16.7. The first-order valence-corrected chi connectivity index (χ1v) is 18.2. The monoisotopic (exact) mass is 640 g/mol. The fraction of sp³-hybridized carbons (Fsp3) is 0.556. The van der Waals surface area contributed by atoms with Gasteiger partial charge in [0.15, 0.2) is 14.4 Å². The van der Waals surface area contributed by atoms with E-state index >= 15 is 0 Å². The molecule has 2 aromatic carbocycles. The second-order valence-corrected chi connectivity index (χ2v) is 18.4. The van der Waals surface area contributed by atoms with Crippen molar-refractivity contribution < 1.29 is 38.1 Å². The first-order valence-electron chi connectivity index (χ1n) is 16.0. The van der Waals surface area contributed by atoms with Crippen molar-refractivity contribution >= 4 is 20.3 Å². The zero-order valence-electron chi connectivity index (χ0n) is 28.3. The number of carbonyl (C=O) groups is 2. The second-order valence-electron chi connectivity index (χ2n) is 12.9. The van der Waals surface area contributed by atoms with Gasteiger partial charge < -0.3 is 28.5 Å². The number of hydrogen-bond donors (Lipinski definition) is 1. The summed E-state index contributed by atoms with van der Waals surface area (Å²) in [6, 6.07) is 19.1. The standard InChI is InChI=1S/C36H52O8Si/c1-23(2)45(24(3)4,25(5)6)41-21-32-31(43-33(37)22-40-27(8)29-16-12-10-13-17-29)20-26(7)34(44-32)35(36(38)39)42-28(9)30-18-14-11-15-19-30/h10-20,23-25,27-28,31-32,34-35H,21-22H2,1-9H3,(H,38,39)/t27-,28-,31-,32+,34+,35+/m0/s1. The minimum absolute atomic E-state index is 0.154. The van der Waals surface area contributed by atoms with E-state index in [4.69, 9.17) is 23.4 Å². The summed E-state index contributed by atoms with van der Waals surface area (Å²) in [5.41, 5.74) is 3.40. The van der Waals surface area contributed by atoms with Crippen LogP contribution in [0.25, 0.3) is 0 Å². The average Bonchev–Trinajstić information content (AvgIpc) is 3.00. The van der Waals surface area contributed by atoms with E-state index in [0.717, 1.165) is 11.1 Å². The van der Waals surface area contributed by atoms with Crippen molar-refractivity contribution in [1.82, 2.24) is 0 Å². The first kappa shape index (κ1) is 36.6. The van der Waals surface area contributed by atoms with Crippen LogP contribution in [-0.4, -0.2) is 63.0 Å². The van der Waals surface area contributed by atoms with Crippen LogP contribution < -0.4 is 0 Å². The van der Waals surface area contributed by atoms with Gasteiger partial charge in [-0.05, 0) is 60.2 Å². The molecule has 1 aliphatic rings. The molecule has 0 aromatic heterocycles. The van der Waals surface area contributed by atoms with Gasteiger partial charge in [0.1, 0.15) is 24.9 Å². The number of carboxylic acid groups (broad SMARTS) is 1. The first-order chi connectivity index (χ1) is 21.3. The Morgan fingerprint density at radius 1 is 0.822 bits per heavy atom. The Morgan fingerprint density at radius 2 is 1.33 bits per heavy atom. The molecule has 0 spiro atoms. The van der Waals surface area contributed by atoms with E-state index in [1.54, 1.807) is 13.0 Å². The highest BCUT2D eigenvalue weighted by atomic mass is 28.4. The van der Waals surface area contributed by atoms with Crippen molar-refractivity contribution in [3.63, 3.8) is 0 Å². The third-order valence-electron chi connectivity index (χ3n) is 8.89. The Hall–Kier alpha value is -2.82. The van der Waals surface area contributed by atoms with Crippen molar-refractivity contribution in [1.29, 1.82) is 0 Å². The average molecular weight is 641 g/mol. The molecule has 1 aliphatic heterocycles. The molecular weight excluding hydrogens is 588 g/mol. The summed E-state index contributed by atoms with van der Waals surface area (Å²) in [7, 11) is -2.32. The van der Waals surface area contributed by atoms with Crippen LogP contribution in [0.15, 0.2) is 72.3 Å². The van der Waals surface area contributed by atoms with E-state index in [0.29, 0.717) is 22.2 Å². The summed E-state index contributed by atoms with van der Waals surface area (Å²) in [4.78, 5) is 25.6. The molecule has 3 rings (SSSR count). The van der Waals surface area contributed by atoms with Crippen LogP contribution in [0.1, 0.15) is 85.6 Å². The molecule has 0 saturated heterocycles. The van der Waals surface area contributed by atoms with Gasteiger partial charge in [-0.1, -0.05) is 102 Å². The van der Waals surface area contributed by atoms with E-state index in [1.165, 1.54) is 0 Å². The lowest BCUT2D eigenvalue weighted by atomic mass is 9.97. The third-order valence-corrected chi connectivity index (χ3v) is 15.0. The maximum Gasteiger partial charge on any atom is 0.335 e. The van der Waals surface area contributed by atoms with Gasteiger partial charge in [-0.25, -0.2) is 9.59 Å². The van der Waals surface area contributed by atoms with E-state index in [-0.39, 0.29) is 19.3 Å². The number of carbonyl (C=O) groups excluding carboxylic acids is 1. The number of esters is 1. The summed E-state index contributed by atoms with van der Waals surface area (Å²) < 4.78 is 31.2. The van der Waals surface area contributed by atoms with E-state index in [1.807, 2.05) is 74.5 Å². The Morgan fingerprint density at radius 3 is 1.82 bits per heavy atom. The number of ether oxygens (including phenoxy) is 4. The van der Waals surface area contributed by atoms with Crippen LogP contribution in [0.4, 0.5) is 0 Å². The lowest BCUT2D eigenvalue weighted by molar-refractivity contribution is -0.186. The molecule has 6 atom stereocenters. The molecule has 1 heterocycles. The molecule has 9 heteroatoms. The summed E-state index contributed by atoms with van der Waals surface area (Å²) in [5.74, 6) is -1.67. The van der Waals surface area contributed by atoms with Crippen LogP contribution >= 0.6 is 0 Å². The highest BCUT2D eigenvalue weighted by molar-refractivity contribution is 6.77. The van der Waals surface area contributed by atoms with Gasteiger partial charge in [-0.2, -0.15) is 0 Å². The highest BCUT2D eigenvalue weighted by Crippen LogP contribution is 2.43. The molecule has 0 aliphatic carbocycles. The molecule has 0 unspecified atom stereocenters. The van der Waals surface area contributed by atoms with Gasteiger partial charge in [-0.3, -0.25) is 0 Å². The summed E-state index contributed by atoms with van der Waals surface area (Å²) in [6.45, 7) is 18.6. The van der Waals surface area contributed by atoms with Crippen LogP contribution in [0.5, 0.6) is 0 Å². The summed E-state index contributed by atoms with van der Waals surface area (Å²) >= 11 is 0. The van der Waals surface area contributed by atoms with Crippen LogP contribution in [-0.2, 0) is 33.0 Å². The lowest BCUT2D eigenvalue weighted by Crippen LogP contribution is -2.53. The predicted molar refractivity (Wildman–Crippen MR) is 177 cm³/mol. The number of carboxylic acids is 1.